The molecule has 0 bridgehead atoms. The molecule has 7 nitrogen and oxygen atoms in total. The fourth-order valence-electron chi connectivity index (χ4n) is 4.71. The Bertz CT molecular complexity index is 1290. The number of hydrogen-bond acceptors (Lipinski definition) is 6. The van der Waals surface area contributed by atoms with Gasteiger partial charge in [0.15, 0.2) is 5.13 Å². The van der Waals surface area contributed by atoms with E-state index in [1.165, 1.54) is 0 Å². The first-order chi connectivity index (χ1) is 16.8. The number of anilines is 1. The number of carbonyl (C=O) groups is 1. The van der Waals surface area contributed by atoms with Crippen LogP contribution in [0.1, 0.15) is 41.6 Å². The second-order valence-electron chi connectivity index (χ2n) is 9.16. The molecule has 2 aliphatic rings. The van der Waals surface area contributed by atoms with Crippen molar-refractivity contribution in [3.63, 3.8) is 0 Å². The third-order valence-electron chi connectivity index (χ3n) is 6.83. The Kier molecular flexibility index (Phi) is 7.03. The molecule has 0 N–H and O–H groups in total. The van der Waals surface area contributed by atoms with E-state index in [0.29, 0.717) is 49.9 Å². The van der Waals surface area contributed by atoms with Crippen LogP contribution in [0.2, 0.25) is 5.02 Å². The third-order valence-corrected chi connectivity index (χ3v) is 10.3. The highest BCUT2D eigenvalue weighted by Crippen LogP contribution is 2.36. The van der Waals surface area contributed by atoms with Gasteiger partial charge in [-0.2, -0.15) is 4.31 Å². The minimum absolute atomic E-state index is 0.0773. The van der Waals surface area contributed by atoms with Crippen molar-refractivity contribution in [1.82, 2.24) is 14.2 Å². The SMILES string of the molecule is Cc1ccc(Cl)c2sc(N3CCN(C(=O)c4ccc(S(=O)(=O)N5CCCCCC5)cc4)CC3)nc12. The van der Waals surface area contributed by atoms with Gasteiger partial charge in [0.1, 0.15) is 0 Å². The average Bonchev–Trinajstić information content (AvgIpc) is 3.15. The van der Waals surface area contributed by atoms with Gasteiger partial charge < -0.3 is 9.80 Å². The first kappa shape index (κ1) is 24.5. The van der Waals surface area contributed by atoms with Crippen molar-refractivity contribution < 1.29 is 13.2 Å². The van der Waals surface area contributed by atoms with Gasteiger partial charge in [-0.3, -0.25) is 4.79 Å². The smallest absolute Gasteiger partial charge is 0.253 e. The minimum Gasteiger partial charge on any atom is -0.345 e. The van der Waals surface area contributed by atoms with Gasteiger partial charge in [-0.05, 0) is 55.7 Å². The maximum Gasteiger partial charge on any atom is 0.253 e. The molecule has 2 aliphatic heterocycles. The number of sulfonamides is 1. The molecule has 186 valence electrons. The standard InChI is InChI=1S/C25H29ClN4O3S2/c1-18-6-11-21(26)23-22(18)27-25(34-23)29-16-14-28(15-17-29)24(31)19-7-9-20(10-8-19)35(32,33)30-12-4-2-3-5-13-30/h6-11H,2-5,12-17H2,1H3. The van der Waals surface area contributed by atoms with Gasteiger partial charge in [-0.15, -0.1) is 0 Å². The molecule has 0 radical (unpaired) electrons. The molecule has 2 aromatic carbocycles. The van der Waals surface area contributed by atoms with Gasteiger partial charge in [0.25, 0.3) is 5.91 Å². The number of piperazine rings is 1. The Morgan fingerprint density at radius 2 is 1.57 bits per heavy atom. The van der Waals surface area contributed by atoms with E-state index in [2.05, 4.69) is 4.90 Å². The van der Waals surface area contributed by atoms with E-state index >= 15 is 0 Å². The number of amides is 1. The molecule has 3 aromatic rings. The van der Waals surface area contributed by atoms with E-state index in [0.717, 1.165) is 46.6 Å². The molecule has 2 fully saturated rings. The van der Waals surface area contributed by atoms with Gasteiger partial charge in [0.05, 0.1) is 20.1 Å². The highest BCUT2D eigenvalue weighted by molar-refractivity contribution is 7.89. The van der Waals surface area contributed by atoms with E-state index < -0.39 is 10.0 Å². The van der Waals surface area contributed by atoms with Crippen LogP contribution in [0.4, 0.5) is 5.13 Å². The Morgan fingerprint density at radius 1 is 0.914 bits per heavy atom. The normalized spacial score (nSPS) is 18.1. The Hall–Kier alpha value is -2.20. The van der Waals surface area contributed by atoms with Gasteiger partial charge in [0.2, 0.25) is 10.0 Å². The summed E-state index contributed by atoms with van der Waals surface area (Å²) in [7, 11) is -3.52. The molecule has 2 saturated heterocycles. The zero-order valence-electron chi connectivity index (χ0n) is 19.7. The molecular formula is C25H29ClN4O3S2. The second kappa shape index (κ2) is 10.0. The highest BCUT2D eigenvalue weighted by atomic mass is 35.5. The molecule has 0 atom stereocenters. The van der Waals surface area contributed by atoms with Crippen molar-refractivity contribution in [2.75, 3.05) is 44.2 Å². The summed E-state index contributed by atoms with van der Waals surface area (Å²) in [5.74, 6) is -0.0773. The predicted octanol–water partition coefficient (Wildman–Crippen LogP) is 4.79. The number of fused-ring (bicyclic) bond motifs is 1. The van der Waals surface area contributed by atoms with Crippen LogP contribution >= 0.6 is 22.9 Å². The van der Waals surface area contributed by atoms with Crippen molar-refractivity contribution in [3.05, 3.63) is 52.5 Å². The third kappa shape index (κ3) is 4.91. The number of carbonyl (C=O) groups excluding carboxylic acids is 1. The summed E-state index contributed by atoms with van der Waals surface area (Å²) < 4.78 is 28.6. The van der Waals surface area contributed by atoms with Crippen LogP contribution in [-0.2, 0) is 10.0 Å². The summed E-state index contributed by atoms with van der Waals surface area (Å²) in [6, 6.07) is 10.3. The van der Waals surface area contributed by atoms with E-state index in [4.69, 9.17) is 16.6 Å². The van der Waals surface area contributed by atoms with Crippen LogP contribution in [-0.4, -0.2) is 67.8 Å². The van der Waals surface area contributed by atoms with E-state index in [-0.39, 0.29) is 10.8 Å². The quantitative estimate of drug-likeness (QED) is 0.483. The molecule has 10 heteroatoms. The Balaban J connectivity index is 1.24. The van der Waals surface area contributed by atoms with E-state index in [1.54, 1.807) is 39.9 Å². The molecule has 1 amide bonds. The fraction of sp³-hybridized carbons (Fsp3) is 0.440. The van der Waals surface area contributed by atoms with Gasteiger partial charge in [-0.1, -0.05) is 41.8 Å². The number of hydrogen-bond donors (Lipinski definition) is 0. The summed E-state index contributed by atoms with van der Waals surface area (Å²) in [5, 5.41) is 1.64. The number of aromatic nitrogens is 1. The Morgan fingerprint density at radius 3 is 2.20 bits per heavy atom. The first-order valence-corrected chi connectivity index (χ1v) is 14.7. The van der Waals surface area contributed by atoms with Crippen LogP contribution in [0.5, 0.6) is 0 Å². The summed E-state index contributed by atoms with van der Waals surface area (Å²) in [6.07, 6.45) is 3.93. The predicted molar refractivity (Wildman–Crippen MR) is 141 cm³/mol. The first-order valence-electron chi connectivity index (χ1n) is 12.0. The van der Waals surface area contributed by atoms with E-state index in [9.17, 15) is 13.2 Å². The topological polar surface area (TPSA) is 73.8 Å². The maximum atomic E-state index is 13.1. The summed E-state index contributed by atoms with van der Waals surface area (Å²) >= 11 is 7.95. The maximum absolute atomic E-state index is 13.1. The number of rotatable bonds is 4. The van der Waals surface area contributed by atoms with Crippen LogP contribution in [0.25, 0.3) is 10.2 Å². The molecule has 5 rings (SSSR count). The lowest BCUT2D eigenvalue weighted by atomic mass is 10.2. The Labute approximate surface area is 215 Å². The lowest BCUT2D eigenvalue weighted by Crippen LogP contribution is -2.48. The number of halogens is 1. The molecule has 0 spiro atoms. The van der Waals surface area contributed by atoms with Crippen LogP contribution < -0.4 is 4.90 Å². The number of benzene rings is 2. The monoisotopic (exact) mass is 532 g/mol. The zero-order chi connectivity index (χ0) is 24.6. The number of thiazole rings is 1. The van der Waals surface area contributed by atoms with Crippen molar-refractivity contribution in [2.24, 2.45) is 0 Å². The molecule has 3 heterocycles. The zero-order valence-corrected chi connectivity index (χ0v) is 22.1. The van der Waals surface area contributed by atoms with Crippen molar-refractivity contribution in [3.8, 4) is 0 Å². The fourth-order valence-corrected chi connectivity index (χ4v) is 7.60. The molecule has 0 saturated carbocycles. The van der Waals surface area contributed by atoms with Crippen LogP contribution in [0, 0.1) is 6.92 Å². The number of nitrogens with zero attached hydrogens (tertiary/aromatic N) is 4. The summed E-state index contributed by atoms with van der Waals surface area (Å²) in [5.41, 5.74) is 2.55. The molecule has 1 aromatic heterocycles. The van der Waals surface area contributed by atoms with Gasteiger partial charge >= 0.3 is 0 Å². The highest BCUT2D eigenvalue weighted by Gasteiger charge is 2.27. The van der Waals surface area contributed by atoms with Crippen molar-refractivity contribution in [1.29, 1.82) is 0 Å². The number of aryl methyl sites for hydroxylation is 1. The van der Waals surface area contributed by atoms with E-state index in [1.807, 2.05) is 24.0 Å². The van der Waals surface area contributed by atoms with Gasteiger partial charge in [-0.25, -0.2) is 13.4 Å². The van der Waals surface area contributed by atoms with Crippen molar-refractivity contribution >= 4 is 54.2 Å². The van der Waals surface area contributed by atoms with Gasteiger partial charge in [0, 0.05) is 44.8 Å². The summed E-state index contributed by atoms with van der Waals surface area (Å²) in [4.78, 5) is 22.2. The lowest BCUT2D eigenvalue weighted by molar-refractivity contribution is 0.0746. The molecule has 35 heavy (non-hydrogen) atoms. The van der Waals surface area contributed by atoms with Crippen LogP contribution in [0.15, 0.2) is 41.3 Å². The minimum atomic E-state index is -3.52. The summed E-state index contributed by atoms with van der Waals surface area (Å²) in [6.45, 7) is 5.68. The second-order valence-corrected chi connectivity index (χ2v) is 12.5. The average molecular weight is 533 g/mol. The molecule has 0 unspecified atom stereocenters. The van der Waals surface area contributed by atoms with Crippen molar-refractivity contribution in [2.45, 2.75) is 37.5 Å². The molecular weight excluding hydrogens is 504 g/mol. The lowest BCUT2D eigenvalue weighted by Gasteiger charge is -2.34. The molecule has 0 aliphatic carbocycles. The van der Waals surface area contributed by atoms with Crippen LogP contribution in [0.3, 0.4) is 0 Å². The largest absolute Gasteiger partial charge is 0.345 e.